The first kappa shape index (κ1) is 20.5. The first-order valence-corrected chi connectivity index (χ1v) is 9.93. The molecule has 4 rings (SSSR count). The molecule has 2 heterocycles. The minimum absolute atomic E-state index is 0.223. The highest BCUT2D eigenvalue weighted by Gasteiger charge is 2.23. The lowest BCUT2D eigenvalue weighted by Gasteiger charge is -2.15. The molecule has 0 saturated heterocycles. The van der Waals surface area contributed by atoms with Gasteiger partial charge in [-0.3, -0.25) is 9.59 Å². The Morgan fingerprint density at radius 2 is 1.74 bits per heavy atom. The maximum atomic E-state index is 13.1. The number of para-hydroxylation sites is 1. The Bertz CT molecular complexity index is 1310. The summed E-state index contributed by atoms with van der Waals surface area (Å²) in [5.41, 5.74) is 2.86. The SMILES string of the molecule is Cc1nn([C@@H](C)C(=O)NCc2ccc(F)cc2)c(=O)c2nn(-c3ccccc3)c(C)c12. The van der Waals surface area contributed by atoms with Crippen LogP contribution in [-0.2, 0) is 11.3 Å². The van der Waals surface area contributed by atoms with E-state index < -0.39 is 11.6 Å². The highest BCUT2D eigenvalue weighted by molar-refractivity contribution is 5.84. The molecule has 0 fully saturated rings. The summed E-state index contributed by atoms with van der Waals surface area (Å²) >= 11 is 0. The average molecular weight is 419 g/mol. The van der Waals surface area contributed by atoms with Crippen molar-refractivity contribution in [3.8, 4) is 5.69 Å². The molecule has 0 radical (unpaired) electrons. The minimum Gasteiger partial charge on any atom is -0.350 e. The Labute approximate surface area is 178 Å². The van der Waals surface area contributed by atoms with Crippen molar-refractivity contribution in [2.24, 2.45) is 0 Å². The van der Waals surface area contributed by atoms with Gasteiger partial charge < -0.3 is 5.32 Å². The summed E-state index contributed by atoms with van der Waals surface area (Å²) in [6.45, 7) is 5.52. The van der Waals surface area contributed by atoms with Crippen molar-refractivity contribution >= 4 is 16.8 Å². The Balaban J connectivity index is 1.66. The van der Waals surface area contributed by atoms with Crippen LogP contribution in [0.3, 0.4) is 0 Å². The molecule has 0 spiro atoms. The van der Waals surface area contributed by atoms with E-state index in [9.17, 15) is 14.0 Å². The van der Waals surface area contributed by atoms with Crippen molar-refractivity contribution < 1.29 is 9.18 Å². The van der Waals surface area contributed by atoms with E-state index in [0.717, 1.165) is 16.9 Å². The van der Waals surface area contributed by atoms with Gasteiger partial charge in [0.2, 0.25) is 5.91 Å². The van der Waals surface area contributed by atoms with Crippen LogP contribution in [0.1, 0.15) is 29.9 Å². The second-order valence-corrected chi connectivity index (χ2v) is 7.41. The first-order valence-electron chi connectivity index (χ1n) is 9.93. The highest BCUT2D eigenvalue weighted by Crippen LogP contribution is 2.21. The molecule has 31 heavy (non-hydrogen) atoms. The van der Waals surface area contributed by atoms with Gasteiger partial charge in [0.05, 0.1) is 22.5 Å². The van der Waals surface area contributed by atoms with Crippen LogP contribution in [0.15, 0.2) is 59.4 Å². The fourth-order valence-electron chi connectivity index (χ4n) is 3.58. The molecule has 0 unspecified atom stereocenters. The topological polar surface area (TPSA) is 81.8 Å². The van der Waals surface area contributed by atoms with Gasteiger partial charge in [0.1, 0.15) is 11.9 Å². The lowest BCUT2D eigenvalue weighted by atomic mass is 10.2. The normalized spacial score (nSPS) is 12.1. The molecule has 2 aromatic carbocycles. The van der Waals surface area contributed by atoms with Crippen LogP contribution in [0.25, 0.3) is 16.6 Å². The molecule has 0 saturated carbocycles. The summed E-state index contributed by atoms with van der Waals surface area (Å²) in [5, 5.41) is 12.4. The molecule has 1 amide bonds. The van der Waals surface area contributed by atoms with E-state index in [2.05, 4.69) is 15.5 Å². The lowest BCUT2D eigenvalue weighted by Crippen LogP contribution is -2.37. The predicted octanol–water partition coefficient (Wildman–Crippen LogP) is 3.22. The summed E-state index contributed by atoms with van der Waals surface area (Å²) in [6.07, 6.45) is 0. The third kappa shape index (κ3) is 3.84. The second kappa shape index (κ2) is 8.14. The van der Waals surface area contributed by atoms with Gasteiger partial charge in [-0.05, 0) is 50.6 Å². The highest BCUT2D eigenvalue weighted by atomic mass is 19.1. The molecule has 0 aliphatic carbocycles. The van der Waals surface area contributed by atoms with Crippen LogP contribution in [0.4, 0.5) is 4.39 Å². The number of rotatable bonds is 5. The van der Waals surface area contributed by atoms with E-state index in [1.807, 2.05) is 37.3 Å². The number of carbonyl (C=O) groups is 1. The van der Waals surface area contributed by atoms with E-state index in [-0.39, 0.29) is 23.8 Å². The zero-order chi connectivity index (χ0) is 22.1. The fraction of sp³-hybridized carbons (Fsp3) is 0.217. The number of hydrogen-bond donors (Lipinski definition) is 1. The number of fused-ring (bicyclic) bond motifs is 1. The van der Waals surface area contributed by atoms with Crippen LogP contribution in [0, 0.1) is 19.7 Å². The zero-order valence-electron chi connectivity index (χ0n) is 17.5. The van der Waals surface area contributed by atoms with Gasteiger partial charge in [-0.15, -0.1) is 0 Å². The first-order chi connectivity index (χ1) is 14.9. The maximum Gasteiger partial charge on any atom is 0.295 e. The standard InChI is InChI=1S/C23H22FN5O2/c1-14-20-15(2)28(19-7-5-4-6-8-19)27-21(20)23(31)29(26-14)16(3)22(30)25-13-17-9-11-18(24)12-10-17/h4-12,16H,13H2,1-3H3,(H,25,30)/t16-/m0/s1. The summed E-state index contributed by atoms with van der Waals surface area (Å²) in [6, 6.07) is 14.6. The molecule has 1 atom stereocenters. The number of carbonyl (C=O) groups excluding carboxylic acids is 1. The van der Waals surface area contributed by atoms with E-state index in [0.29, 0.717) is 11.1 Å². The third-order valence-electron chi connectivity index (χ3n) is 5.27. The molecule has 0 bridgehead atoms. The van der Waals surface area contributed by atoms with Crippen molar-refractivity contribution in [2.45, 2.75) is 33.4 Å². The number of hydrogen-bond acceptors (Lipinski definition) is 4. The van der Waals surface area contributed by atoms with Crippen molar-refractivity contribution in [1.29, 1.82) is 0 Å². The molecule has 0 aliphatic heterocycles. The molecule has 1 N–H and O–H groups in total. The van der Waals surface area contributed by atoms with Gasteiger partial charge in [-0.1, -0.05) is 30.3 Å². The van der Waals surface area contributed by atoms with Crippen LogP contribution in [0.2, 0.25) is 0 Å². The van der Waals surface area contributed by atoms with Crippen LogP contribution < -0.4 is 10.9 Å². The van der Waals surface area contributed by atoms with Crippen LogP contribution in [-0.4, -0.2) is 25.5 Å². The molecule has 2 aromatic heterocycles. The summed E-state index contributed by atoms with van der Waals surface area (Å²) in [4.78, 5) is 25.8. The van der Waals surface area contributed by atoms with Crippen LogP contribution in [0.5, 0.6) is 0 Å². The molecule has 0 aliphatic rings. The summed E-state index contributed by atoms with van der Waals surface area (Å²) in [7, 11) is 0. The number of benzene rings is 2. The zero-order valence-corrected chi connectivity index (χ0v) is 17.5. The maximum absolute atomic E-state index is 13.1. The van der Waals surface area contributed by atoms with E-state index in [4.69, 9.17) is 0 Å². The molecule has 158 valence electrons. The van der Waals surface area contributed by atoms with E-state index >= 15 is 0 Å². The molecule has 7 nitrogen and oxygen atoms in total. The van der Waals surface area contributed by atoms with Gasteiger partial charge >= 0.3 is 0 Å². The Morgan fingerprint density at radius 3 is 2.42 bits per heavy atom. The molecule has 8 heteroatoms. The summed E-state index contributed by atoms with van der Waals surface area (Å²) in [5.74, 6) is -0.704. The second-order valence-electron chi connectivity index (χ2n) is 7.41. The molecule has 4 aromatic rings. The Morgan fingerprint density at radius 1 is 1.06 bits per heavy atom. The Hall–Kier alpha value is -3.81. The number of halogens is 1. The average Bonchev–Trinajstić information content (AvgIpc) is 3.14. The smallest absolute Gasteiger partial charge is 0.295 e. The van der Waals surface area contributed by atoms with Crippen molar-refractivity contribution in [3.05, 3.63) is 87.7 Å². The quantitative estimate of drug-likeness (QED) is 0.539. The largest absolute Gasteiger partial charge is 0.350 e. The van der Waals surface area contributed by atoms with Gasteiger partial charge in [-0.25, -0.2) is 13.8 Å². The van der Waals surface area contributed by atoms with E-state index in [1.165, 1.54) is 16.8 Å². The number of amides is 1. The number of nitrogens with one attached hydrogen (secondary N) is 1. The van der Waals surface area contributed by atoms with Crippen molar-refractivity contribution in [1.82, 2.24) is 24.9 Å². The van der Waals surface area contributed by atoms with Gasteiger partial charge in [0.15, 0.2) is 5.52 Å². The predicted molar refractivity (Wildman–Crippen MR) is 116 cm³/mol. The molecular formula is C23H22FN5O2. The molecular weight excluding hydrogens is 397 g/mol. The number of aromatic nitrogens is 4. The van der Waals surface area contributed by atoms with Crippen molar-refractivity contribution in [3.63, 3.8) is 0 Å². The van der Waals surface area contributed by atoms with Gasteiger partial charge in [-0.2, -0.15) is 10.2 Å². The lowest BCUT2D eigenvalue weighted by molar-refractivity contribution is -0.124. The van der Waals surface area contributed by atoms with Crippen molar-refractivity contribution in [2.75, 3.05) is 0 Å². The van der Waals surface area contributed by atoms with Gasteiger partial charge in [0, 0.05) is 6.54 Å². The van der Waals surface area contributed by atoms with E-state index in [1.54, 1.807) is 30.7 Å². The minimum atomic E-state index is -0.835. The van der Waals surface area contributed by atoms with Gasteiger partial charge in [0.25, 0.3) is 5.56 Å². The number of aryl methyl sites for hydroxylation is 2. The summed E-state index contributed by atoms with van der Waals surface area (Å²) < 4.78 is 15.9. The third-order valence-corrected chi connectivity index (χ3v) is 5.27. The number of nitrogens with zero attached hydrogens (tertiary/aromatic N) is 4. The van der Waals surface area contributed by atoms with Crippen LogP contribution >= 0.6 is 0 Å². The Kier molecular flexibility index (Phi) is 5.37. The fourth-order valence-corrected chi connectivity index (χ4v) is 3.58. The monoisotopic (exact) mass is 419 g/mol.